The van der Waals surface area contributed by atoms with Gasteiger partial charge in [-0.05, 0) is 80.8 Å². The maximum atomic E-state index is 14.1. The number of ether oxygens (including phenoxy) is 1. The molecule has 3 rings (SSSR count). The zero-order valence-electron chi connectivity index (χ0n) is 24.2. The van der Waals surface area contributed by atoms with Gasteiger partial charge in [0, 0.05) is 22.6 Å². The average molecular weight is 635 g/mol. The van der Waals surface area contributed by atoms with Gasteiger partial charge in [-0.25, -0.2) is 8.42 Å². The molecule has 0 aliphatic rings. The second-order valence-corrected chi connectivity index (χ2v) is 12.5. The van der Waals surface area contributed by atoms with Crippen LogP contribution in [0.2, 0.25) is 10.0 Å². The Morgan fingerprint density at radius 3 is 2.17 bits per heavy atom. The van der Waals surface area contributed by atoms with Crippen LogP contribution in [0.4, 0.5) is 5.69 Å². The predicted octanol–water partition coefficient (Wildman–Crippen LogP) is 6.31. The van der Waals surface area contributed by atoms with Gasteiger partial charge in [0.1, 0.15) is 18.3 Å². The molecular weight excluding hydrogens is 597 g/mol. The molecule has 0 radical (unpaired) electrons. The molecule has 3 aromatic rings. The smallest absolute Gasteiger partial charge is 0.264 e. The summed E-state index contributed by atoms with van der Waals surface area (Å²) in [5, 5.41) is 3.71. The highest BCUT2D eigenvalue weighted by molar-refractivity contribution is 7.92. The van der Waals surface area contributed by atoms with E-state index < -0.39 is 28.5 Å². The summed E-state index contributed by atoms with van der Waals surface area (Å²) in [6, 6.07) is 18.3. The molecule has 0 aliphatic carbocycles. The number of carbonyl (C=O) groups is 2. The van der Waals surface area contributed by atoms with Crippen molar-refractivity contribution in [1.29, 1.82) is 0 Å². The van der Waals surface area contributed by atoms with Gasteiger partial charge < -0.3 is 15.0 Å². The number of hydrogen-bond acceptors (Lipinski definition) is 5. The maximum Gasteiger partial charge on any atom is 0.264 e. The number of hydrogen-bond donors (Lipinski definition) is 1. The van der Waals surface area contributed by atoms with E-state index in [4.69, 9.17) is 27.9 Å². The Balaban J connectivity index is 2.05. The van der Waals surface area contributed by atoms with E-state index in [0.29, 0.717) is 46.5 Å². The van der Waals surface area contributed by atoms with Gasteiger partial charge in [-0.3, -0.25) is 13.9 Å². The van der Waals surface area contributed by atoms with Crippen molar-refractivity contribution in [1.82, 2.24) is 10.2 Å². The van der Waals surface area contributed by atoms with Crippen molar-refractivity contribution < 1.29 is 22.7 Å². The molecule has 0 saturated carbocycles. The SMILES string of the molecule is CCOc1ccc(S(=O)(=O)N(CC(=O)N(Cc2ccc(Cl)cc2Cl)[C@H](CC)C(=O)N[C@@H](C)CC)c2ccccc2)cc1. The molecule has 0 fully saturated rings. The van der Waals surface area contributed by atoms with Gasteiger partial charge in [0.05, 0.1) is 17.2 Å². The van der Waals surface area contributed by atoms with Gasteiger partial charge in [-0.1, -0.05) is 61.3 Å². The molecule has 3 aromatic carbocycles. The van der Waals surface area contributed by atoms with Crippen molar-refractivity contribution in [2.75, 3.05) is 17.5 Å². The van der Waals surface area contributed by atoms with Crippen LogP contribution in [0.5, 0.6) is 5.75 Å². The molecule has 0 heterocycles. The normalized spacial score (nSPS) is 12.7. The largest absolute Gasteiger partial charge is 0.494 e. The van der Waals surface area contributed by atoms with Gasteiger partial charge in [0.15, 0.2) is 0 Å². The molecule has 42 heavy (non-hydrogen) atoms. The van der Waals surface area contributed by atoms with Crippen LogP contribution in [0.25, 0.3) is 0 Å². The minimum Gasteiger partial charge on any atom is -0.494 e. The van der Waals surface area contributed by atoms with Gasteiger partial charge in [-0.15, -0.1) is 0 Å². The topological polar surface area (TPSA) is 96.0 Å². The number of amides is 2. The maximum absolute atomic E-state index is 14.1. The Hall–Kier alpha value is -3.27. The fourth-order valence-corrected chi connectivity index (χ4v) is 6.20. The zero-order valence-corrected chi connectivity index (χ0v) is 26.5. The molecule has 0 aliphatic heterocycles. The van der Waals surface area contributed by atoms with E-state index in [9.17, 15) is 18.0 Å². The van der Waals surface area contributed by atoms with Crippen molar-refractivity contribution in [3.05, 3.63) is 88.4 Å². The highest BCUT2D eigenvalue weighted by atomic mass is 35.5. The molecule has 8 nitrogen and oxygen atoms in total. The minimum atomic E-state index is -4.19. The van der Waals surface area contributed by atoms with Crippen LogP contribution < -0.4 is 14.4 Å². The number of benzene rings is 3. The lowest BCUT2D eigenvalue weighted by Crippen LogP contribution is -2.53. The Morgan fingerprint density at radius 2 is 1.60 bits per heavy atom. The van der Waals surface area contributed by atoms with Crippen LogP contribution in [-0.2, 0) is 26.2 Å². The van der Waals surface area contributed by atoms with Crippen LogP contribution in [0.3, 0.4) is 0 Å². The second-order valence-electron chi connectivity index (χ2n) is 9.75. The average Bonchev–Trinajstić information content (AvgIpc) is 2.97. The van der Waals surface area contributed by atoms with E-state index in [1.165, 1.54) is 17.0 Å². The highest BCUT2D eigenvalue weighted by Gasteiger charge is 2.34. The zero-order chi connectivity index (χ0) is 30.9. The molecule has 0 saturated heterocycles. The fraction of sp³-hybridized carbons (Fsp3) is 0.355. The lowest BCUT2D eigenvalue weighted by molar-refractivity contribution is -0.140. The monoisotopic (exact) mass is 633 g/mol. The standard InChI is InChI=1S/C31H37Cl2N3O5S/c1-5-22(4)34-31(38)29(6-2)35(20-23-13-14-24(32)19-28(23)33)30(37)21-36(25-11-9-8-10-12-25)42(39,40)27-17-15-26(16-18-27)41-7-3/h8-19,22,29H,5-7,20-21H2,1-4H3,(H,34,38)/t22-,29+/m0/s1. The first kappa shape index (κ1) is 33.2. The second kappa shape index (κ2) is 15.3. The van der Waals surface area contributed by atoms with Crippen LogP contribution in [0.1, 0.15) is 46.1 Å². The van der Waals surface area contributed by atoms with Gasteiger partial charge in [0.25, 0.3) is 10.0 Å². The van der Waals surface area contributed by atoms with E-state index in [0.717, 1.165) is 4.31 Å². The Kier molecular flexibility index (Phi) is 12.1. The van der Waals surface area contributed by atoms with E-state index in [-0.39, 0.29) is 23.4 Å². The van der Waals surface area contributed by atoms with Gasteiger partial charge >= 0.3 is 0 Å². The number of anilines is 1. The Labute approximate surface area is 258 Å². The van der Waals surface area contributed by atoms with E-state index in [1.54, 1.807) is 67.6 Å². The third kappa shape index (κ3) is 8.40. The number of nitrogens with one attached hydrogen (secondary N) is 1. The van der Waals surface area contributed by atoms with Crippen molar-refractivity contribution in [3.8, 4) is 5.75 Å². The number of sulfonamides is 1. The molecule has 2 atom stereocenters. The van der Waals surface area contributed by atoms with E-state index in [2.05, 4.69) is 5.32 Å². The first-order chi connectivity index (χ1) is 20.0. The fourth-order valence-electron chi connectivity index (χ4n) is 4.32. The summed E-state index contributed by atoms with van der Waals surface area (Å²) < 4.78 is 34.4. The molecule has 1 N–H and O–H groups in total. The summed E-state index contributed by atoms with van der Waals surface area (Å²) in [4.78, 5) is 28.9. The first-order valence-electron chi connectivity index (χ1n) is 13.9. The minimum absolute atomic E-state index is 0.00328. The molecular formula is C31H37Cl2N3O5S. The van der Waals surface area contributed by atoms with Crippen molar-refractivity contribution >= 4 is 50.7 Å². The predicted molar refractivity (Wildman–Crippen MR) is 168 cm³/mol. The molecule has 0 unspecified atom stereocenters. The van der Waals surface area contributed by atoms with Crippen LogP contribution in [-0.4, -0.2) is 50.4 Å². The van der Waals surface area contributed by atoms with Crippen molar-refractivity contribution in [2.24, 2.45) is 0 Å². The first-order valence-corrected chi connectivity index (χ1v) is 16.1. The molecule has 11 heteroatoms. The van der Waals surface area contributed by atoms with Crippen LogP contribution in [0, 0.1) is 0 Å². The quantitative estimate of drug-likeness (QED) is 0.224. The third-order valence-electron chi connectivity index (χ3n) is 6.79. The van der Waals surface area contributed by atoms with Crippen LogP contribution >= 0.6 is 23.2 Å². The highest BCUT2D eigenvalue weighted by Crippen LogP contribution is 2.27. The summed E-state index contributed by atoms with van der Waals surface area (Å²) in [5.41, 5.74) is 0.881. The molecule has 0 spiro atoms. The molecule has 0 bridgehead atoms. The van der Waals surface area contributed by atoms with Crippen LogP contribution in [0.15, 0.2) is 77.7 Å². The summed E-state index contributed by atoms with van der Waals surface area (Å²) in [7, 11) is -4.19. The van der Waals surface area contributed by atoms with E-state index in [1.807, 2.05) is 20.8 Å². The summed E-state index contributed by atoms with van der Waals surface area (Å²) in [6.45, 7) is 7.34. The summed E-state index contributed by atoms with van der Waals surface area (Å²) in [6.07, 6.45) is 1.01. The van der Waals surface area contributed by atoms with Crippen molar-refractivity contribution in [3.63, 3.8) is 0 Å². The number of carbonyl (C=O) groups excluding carboxylic acids is 2. The summed E-state index contributed by atoms with van der Waals surface area (Å²) >= 11 is 12.6. The number of nitrogens with zero attached hydrogens (tertiary/aromatic N) is 2. The van der Waals surface area contributed by atoms with Crippen molar-refractivity contribution in [2.45, 2.75) is 64.1 Å². The number of halogens is 2. The number of para-hydroxylation sites is 1. The Bertz CT molecular complexity index is 1450. The Morgan fingerprint density at radius 1 is 0.929 bits per heavy atom. The number of rotatable bonds is 14. The van der Waals surface area contributed by atoms with E-state index >= 15 is 0 Å². The lowest BCUT2D eigenvalue weighted by atomic mass is 10.1. The molecule has 226 valence electrons. The van der Waals surface area contributed by atoms with Gasteiger partial charge in [0.2, 0.25) is 11.8 Å². The molecule has 0 aromatic heterocycles. The lowest BCUT2D eigenvalue weighted by Gasteiger charge is -2.34. The molecule has 2 amide bonds. The third-order valence-corrected chi connectivity index (χ3v) is 9.16. The summed E-state index contributed by atoms with van der Waals surface area (Å²) in [5.74, 6) is -0.362. The van der Waals surface area contributed by atoms with Gasteiger partial charge in [-0.2, -0.15) is 0 Å².